The Labute approximate surface area is 123 Å². The minimum atomic E-state index is -0.480. The Hall–Kier alpha value is -1.88. The normalized spacial score (nSPS) is 21.6. The van der Waals surface area contributed by atoms with Gasteiger partial charge < -0.3 is 9.47 Å². The first-order valence-electron chi connectivity index (χ1n) is 7.29. The van der Waals surface area contributed by atoms with E-state index in [9.17, 15) is 9.59 Å². The zero-order chi connectivity index (χ0) is 15.0. The van der Waals surface area contributed by atoms with Crippen LogP contribution in [0, 0.1) is 6.92 Å². The predicted octanol–water partition coefficient (Wildman–Crippen LogP) is 2.10. The summed E-state index contributed by atoms with van der Waals surface area (Å²) in [5, 5.41) is 0. The standard InChI is InChI=1S/C16H19NO4/c1-10-6-7-12(20-2)14-13(10)15(18)16(19)17(14)9-11-5-3-4-8-21-11/h6-7,11H,3-5,8-9H2,1-2H3. The van der Waals surface area contributed by atoms with Crippen LogP contribution < -0.4 is 9.64 Å². The van der Waals surface area contributed by atoms with E-state index in [0.29, 0.717) is 23.5 Å². The number of rotatable bonds is 3. The van der Waals surface area contributed by atoms with E-state index < -0.39 is 11.7 Å². The van der Waals surface area contributed by atoms with Gasteiger partial charge >= 0.3 is 0 Å². The van der Waals surface area contributed by atoms with E-state index in [0.717, 1.165) is 31.4 Å². The number of benzene rings is 1. The molecule has 5 heteroatoms. The summed E-state index contributed by atoms with van der Waals surface area (Å²) in [5.74, 6) is -0.366. The molecule has 1 amide bonds. The van der Waals surface area contributed by atoms with Gasteiger partial charge in [0, 0.05) is 6.61 Å². The van der Waals surface area contributed by atoms with Crippen LogP contribution in [-0.4, -0.2) is 38.1 Å². The Kier molecular flexibility index (Phi) is 3.68. The Morgan fingerprint density at radius 2 is 2.14 bits per heavy atom. The lowest BCUT2D eigenvalue weighted by Crippen LogP contribution is -2.39. The largest absolute Gasteiger partial charge is 0.495 e. The molecular weight excluding hydrogens is 270 g/mol. The third kappa shape index (κ3) is 2.31. The molecule has 0 aliphatic carbocycles. The van der Waals surface area contributed by atoms with Crippen LogP contribution in [0.1, 0.15) is 35.2 Å². The maximum atomic E-state index is 12.3. The second-order valence-corrected chi connectivity index (χ2v) is 5.54. The second-order valence-electron chi connectivity index (χ2n) is 5.54. The highest BCUT2D eigenvalue weighted by Crippen LogP contribution is 2.40. The van der Waals surface area contributed by atoms with Crippen molar-refractivity contribution in [1.82, 2.24) is 0 Å². The first kappa shape index (κ1) is 14.1. The molecule has 0 saturated carbocycles. The highest BCUT2D eigenvalue weighted by atomic mass is 16.5. The maximum Gasteiger partial charge on any atom is 0.299 e. The summed E-state index contributed by atoms with van der Waals surface area (Å²) >= 11 is 0. The molecule has 21 heavy (non-hydrogen) atoms. The molecule has 3 rings (SSSR count). The van der Waals surface area contributed by atoms with Gasteiger partial charge in [-0.2, -0.15) is 0 Å². The van der Waals surface area contributed by atoms with E-state index >= 15 is 0 Å². The molecule has 1 fully saturated rings. The number of carbonyl (C=O) groups is 2. The zero-order valence-corrected chi connectivity index (χ0v) is 12.3. The van der Waals surface area contributed by atoms with Crippen molar-refractivity contribution in [2.45, 2.75) is 32.3 Å². The van der Waals surface area contributed by atoms with Gasteiger partial charge in [-0.15, -0.1) is 0 Å². The minimum absolute atomic E-state index is 0.00771. The average Bonchev–Trinajstić information content (AvgIpc) is 2.75. The van der Waals surface area contributed by atoms with Crippen molar-refractivity contribution in [1.29, 1.82) is 0 Å². The number of methoxy groups -OCH3 is 1. The number of aryl methyl sites for hydroxylation is 1. The fourth-order valence-electron chi connectivity index (χ4n) is 3.05. The average molecular weight is 289 g/mol. The number of ether oxygens (including phenoxy) is 2. The number of hydrogen-bond donors (Lipinski definition) is 0. The van der Waals surface area contributed by atoms with Crippen LogP contribution in [0.25, 0.3) is 0 Å². The molecule has 112 valence electrons. The fraction of sp³-hybridized carbons (Fsp3) is 0.500. The lowest BCUT2D eigenvalue weighted by atomic mass is 10.0. The quantitative estimate of drug-likeness (QED) is 0.800. The molecular formula is C16H19NO4. The monoisotopic (exact) mass is 289 g/mol. The zero-order valence-electron chi connectivity index (χ0n) is 12.3. The number of nitrogens with zero attached hydrogens (tertiary/aromatic N) is 1. The van der Waals surface area contributed by atoms with Crippen molar-refractivity contribution in [2.75, 3.05) is 25.2 Å². The van der Waals surface area contributed by atoms with Gasteiger partial charge in [0.15, 0.2) is 0 Å². The van der Waals surface area contributed by atoms with E-state index in [1.807, 2.05) is 13.0 Å². The van der Waals surface area contributed by atoms with Crippen molar-refractivity contribution in [3.8, 4) is 5.75 Å². The summed E-state index contributed by atoms with van der Waals surface area (Å²) in [6, 6.07) is 3.61. The molecule has 2 aliphatic heterocycles. The number of carbonyl (C=O) groups excluding carboxylic acids is 2. The van der Waals surface area contributed by atoms with Gasteiger partial charge in [0.2, 0.25) is 0 Å². The van der Waals surface area contributed by atoms with Crippen LogP contribution >= 0.6 is 0 Å². The Balaban J connectivity index is 1.98. The van der Waals surface area contributed by atoms with Crippen LogP contribution in [0.3, 0.4) is 0 Å². The molecule has 1 saturated heterocycles. The van der Waals surface area contributed by atoms with Gasteiger partial charge in [-0.05, 0) is 37.8 Å². The number of ketones is 1. The molecule has 2 aliphatic rings. The van der Waals surface area contributed by atoms with Crippen LogP contribution in [0.2, 0.25) is 0 Å². The summed E-state index contributed by atoms with van der Waals surface area (Å²) in [4.78, 5) is 26.1. The highest BCUT2D eigenvalue weighted by Gasteiger charge is 2.40. The van der Waals surface area contributed by atoms with Crippen molar-refractivity contribution < 1.29 is 19.1 Å². The molecule has 0 N–H and O–H groups in total. The van der Waals surface area contributed by atoms with Crippen LogP contribution in [0.5, 0.6) is 5.75 Å². The summed E-state index contributed by atoms with van der Waals surface area (Å²) in [6.45, 7) is 2.97. The fourth-order valence-corrected chi connectivity index (χ4v) is 3.05. The Morgan fingerprint density at radius 1 is 1.33 bits per heavy atom. The highest BCUT2D eigenvalue weighted by molar-refractivity contribution is 6.53. The van der Waals surface area contributed by atoms with Gasteiger partial charge in [0.05, 0.1) is 31.0 Å². The summed E-state index contributed by atoms with van der Waals surface area (Å²) in [5.41, 5.74) is 1.87. The molecule has 0 spiro atoms. The molecule has 1 atom stereocenters. The van der Waals surface area contributed by atoms with Gasteiger partial charge in [0.25, 0.3) is 11.7 Å². The van der Waals surface area contributed by atoms with Crippen molar-refractivity contribution in [3.05, 3.63) is 23.3 Å². The number of hydrogen-bond acceptors (Lipinski definition) is 4. The van der Waals surface area contributed by atoms with E-state index in [-0.39, 0.29) is 6.10 Å². The van der Waals surface area contributed by atoms with E-state index in [2.05, 4.69) is 0 Å². The predicted molar refractivity (Wildman–Crippen MR) is 78.0 cm³/mol. The van der Waals surface area contributed by atoms with Crippen molar-refractivity contribution >= 4 is 17.4 Å². The van der Waals surface area contributed by atoms with E-state index in [1.54, 1.807) is 13.2 Å². The first-order chi connectivity index (χ1) is 10.1. The van der Waals surface area contributed by atoms with Crippen LogP contribution in [-0.2, 0) is 9.53 Å². The summed E-state index contributed by atoms with van der Waals surface area (Å²) < 4.78 is 11.0. The van der Waals surface area contributed by atoms with Crippen LogP contribution in [0.15, 0.2) is 12.1 Å². The molecule has 1 aromatic rings. The Morgan fingerprint density at radius 3 is 2.81 bits per heavy atom. The molecule has 0 aromatic heterocycles. The SMILES string of the molecule is COc1ccc(C)c2c1N(CC1CCCCO1)C(=O)C2=O. The lowest BCUT2D eigenvalue weighted by Gasteiger charge is -2.28. The summed E-state index contributed by atoms with van der Waals surface area (Å²) in [6.07, 6.45) is 3.06. The Bertz CT molecular complexity index is 590. The molecule has 2 heterocycles. The van der Waals surface area contributed by atoms with Crippen LogP contribution in [0.4, 0.5) is 5.69 Å². The van der Waals surface area contributed by atoms with Crippen molar-refractivity contribution in [2.24, 2.45) is 0 Å². The van der Waals surface area contributed by atoms with Gasteiger partial charge in [-0.1, -0.05) is 6.07 Å². The van der Waals surface area contributed by atoms with Gasteiger partial charge in [-0.3, -0.25) is 14.5 Å². The molecule has 5 nitrogen and oxygen atoms in total. The third-order valence-electron chi connectivity index (χ3n) is 4.17. The summed E-state index contributed by atoms with van der Waals surface area (Å²) in [7, 11) is 1.55. The lowest BCUT2D eigenvalue weighted by molar-refractivity contribution is -0.114. The maximum absolute atomic E-state index is 12.3. The first-order valence-corrected chi connectivity index (χ1v) is 7.29. The van der Waals surface area contributed by atoms with E-state index in [4.69, 9.17) is 9.47 Å². The number of amides is 1. The van der Waals surface area contributed by atoms with E-state index in [1.165, 1.54) is 4.90 Å². The smallest absolute Gasteiger partial charge is 0.299 e. The molecule has 1 aromatic carbocycles. The third-order valence-corrected chi connectivity index (χ3v) is 4.17. The number of Topliss-reactive ketones (excluding diaryl/α,β-unsaturated/α-hetero) is 1. The number of anilines is 1. The molecule has 0 bridgehead atoms. The second kappa shape index (κ2) is 5.48. The topological polar surface area (TPSA) is 55.8 Å². The van der Waals surface area contributed by atoms with Gasteiger partial charge in [-0.25, -0.2) is 0 Å². The van der Waals surface area contributed by atoms with Crippen molar-refractivity contribution in [3.63, 3.8) is 0 Å². The minimum Gasteiger partial charge on any atom is -0.495 e. The molecule has 1 unspecified atom stereocenters. The molecule has 0 radical (unpaired) electrons. The number of fused-ring (bicyclic) bond motifs is 1. The van der Waals surface area contributed by atoms with Gasteiger partial charge in [0.1, 0.15) is 5.75 Å².